The maximum atomic E-state index is 12.8. The fraction of sp³-hybridized carbons (Fsp3) is 0.118. The maximum Gasteiger partial charge on any atom is 0.416 e. The van der Waals surface area contributed by atoms with Crippen LogP contribution in [0, 0.1) is 0 Å². The van der Waals surface area contributed by atoms with E-state index in [1.165, 1.54) is 10.7 Å². The first kappa shape index (κ1) is 15.9. The molecule has 0 aliphatic heterocycles. The number of hydrogen-bond donors (Lipinski definition) is 1. The summed E-state index contributed by atoms with van der Waals surface area (Å²) >= 11 is 0. The first-order chi connectivity index (χ1) is 11.5. The van der Waals surface area contributed by atoms with Crippen LogP contribution in [0.1, 0.15) is 5.56 Å². The summed E-state index contributed by atoms with van der Waals surface area (Å²) in [6.45, 7) is 0. The molecule has 0 aliphatic carbocycles. The Morgan fingerprint density at radius 3 is 2.46 bits per heavy atom. The maximum absolute atomic E-state index is 12.8. The standard InChI is InChI=1S/C17H14F3N3O/c1-24-15-7-5-13(6-8-15)21-16-9-10-23(22-16)14-4-2-3-12(11-14)17(18,19)20/h2-11H,1H3,(H,21,22). The van der Waals surface area contributed by atoms with Crippen molar-refractivity contribution in [3.63, 3.8) is 0 Å². The van der Waals surface area contributed by atoms with E-state index >= 15 is 0 Å². The second-order valence-electron chi connectivity index (χ2n) is 5.05. The van der Waals surface area contributed by atoms with Crippen LogP contribution in [0.15, 0.2) is 60.8 Å². The second-order valence-corrected chi connectivity index (χ2v) is 5.05. The molecule has 3 aromatic rings. The van der Waals surface area contributed by atoms with Crippen LogP contribution in [-0.2, 0) is 6.18 Å². The van der Waals surface area contributed by atoms with Crippen molar-refractivity contribution in [1.29, 1.82) is 0 Å². The van der Waals surface area contributed by atoms with Gasteiger partial charge in [-0.2, -0.15) is 18.3 Å². The van der Waals surface area contributed by atoms with E-state index in [-0.39, 0.29) is 0 Å². The Morgan fingerprint density at radius 2 is 1.79 bits per heavy atom. The van der Waals surface area contributed by atoms with Crippen LogP contribution in [0.3, 0.4) is 0 Å². The highest BCUT2D eigenvalue weighted by molar-refractivity contribution is 5.57. The van der Waals surface area contributed by atoms with E-state index in [0.29, 0.717) is 11.5 Å². The molecule has 0 amide bonds. The Morgan fingerprint density at radius 1 is 1.04 bits per heavy atom. The highest BCUT2D eigenvalue weighted by atomic mass is 19.4. The van der Waals surface area contributed by atoms with Crippen molar-refractivity contribution in [3.05, 3.63) is 66.4 Å². The Kier molecular flexibility index (Phi) is 4.16. The van der Waals surface area contributed by atoms with Crippen molar-refractivity contribution in [2.75, 3.05) is 12.4 Å². The molecule has 4 nitrogen and oxygen atoms in total. The van der Waals surface area contributed by atoms with Crippen LogP contribution in [0.25, 0.3) is 5.69 Å². The summed E-state index contributed by atoms with van der Waals surface area (Å²) in [5.74, 6) is 1.26. The minimum absolute atomic E-state index is 0.340. The van der Waals surface area contributed by atoms with Gasteiger partial charge in [0.15, 0.2) is 5.82 Å². The zero-order valence-corrected chi connectivity index (χ0v) is 12.7. The van der Waals surface area contributed by atoms with E-state index in [0.717, 1.165) is 23.6 Å². The summed E-state index contributed by atoms with van der Waals surface area (Å²) in [5, 5.41) is 7.33. The number of aromatic nitrogens is 2. The summed E-state index contributed by atoms with van der Waals surface area (Å²) in [5.41, 5.74) is 0.429. The Balaban J connectivity index is 1.80. The molecular formula is C17H14F3N3O. The van der Waals surface area contributed by atoms with E-state index in [1.807, 2.05) is 12.1 Å². The third-order valence-corrected chi connectivity index (χ3v) is 3.39. The average Bonchev–Trinajstić information content (AvgIpc) is 3.03. The van der Waals surface area contributed by atoms with Gasteiger partial charge in [0.1, 0.15) is 5.75 Å². The van der Waals surface area contributed by atoms with Gasteiger partial charge in [-0.15, -0.1) is 0 Å². The number of nitrogens with one attached hydrogen (secondary N) is 1. The van der Waals surface area contributed by atoms with Crippen LogP contribution in [0.5, 0.6) is 5.75 Å². The molecule has 0 aliphatic rings. The summed E-state index contributed by atoms with van der Waals surface area (Å²) < 4.78 is 44.8. The largest absolute Gasteiger partial charge is 0.497 e. The molecule has 1 N–H and O–H groups in total. The van der Waals surface area contributed by atoms with E-state index < -0.39 is 11.7 Å². The number of halogens is 3. The molecule has 0 bridgehead atoms. The fourth-order valence-corrected chi connectivity index (χ4v) is 2.18. The van der Waals surface area contributed by atoms with E-state index in [4.69, 9.17) is 4.74 Å². The van der Waals surface area contributed by atoms with E-state index in [2.05, 4.69) is 10.4 Å². The molecule has 7 heteroatoms. The van der Waals surface area contributed by atoms with Crippen molar-refractivity contribution >= 4 is 11.5 Å². The molecule has 1 heterocycles. The first-order valence-electron chi connectivity index (χ1n) is 7.10. The molecule has 3 rings (SSSR count). The lowest BCUT2D eigenvalue weighted by Crippen LogP contribution is -2.06. The first-order valence-corrected chi connectivity index (χ1v) is 7.10. The molecule has 1 aromatic heterocycles. The van der Waals surface area contributed by atoms with Crippen molar-refractivity contribution in [1.82, 2.24) is 9.78 Å². The van der Waals surface area contributed by atoms with Gasteiger partial charge in [0.05, 0.1) is 18.4 Å². The van der Waals surface area contributed by atoms with Gasteiger partial charge in [0.25, 0.3) is 0 Å². The van der Waals surface area contributed by atoms with Crippen molar-refractivity contribution in [2.24, 2.45) is 0 Å². The molecule has 0 atom stereocenters. The van der Waals surface area contributed by atoms with Crippen LogP contribution in [0.2, 0.25) is 0 Å². The Labute approximate surface area is 136 Å². The van der Waals surface area contributed by atoms with Gasteiger partial charge >= 0.3 is 6.18 Å². The number of ether oxygens (including phenoxy) is 1. The van der Waals surface area contributed by atoms with Crippen molar-refractivity contribution < 1.29 is 17.9 Å². The van der Waals surface area contributed by atoms with Crippen LogP contribution >= 0.6 is 0 Å². The molecular weight excluding hydrogens is 319 g/mol. The molecule has 0 unspecified atom stereocenters. The predicted molar refractivity (Wildman–Crippen MR) is 84.8 cm³/mol. The number of benzene rings is 2. The third-order valence-electron chi connectivity index (χ3n) is 3.39. The number of hydrogen-bond acceptors (Lipinski definition) is 3. The highest BCUT2D eigenvalue weighted by Gasteiger charge is 2.30. The Hall–Kier alpha value is -2.96. The SMILES string of the molecule is COc1ccc(Nc2ccn(-c3cccc(C(F)(F)F)c3)n2)cc1. The zero-order chi connectivity index (χ0) is 17.2. The van der Waals surface area contributed by atoms with Gasteiger partial charge in [0, 0.05) is 18.0 Å². The van der Waals surface area contributed by atoms with Crippen molar-refractivity contribution in [2.45, 2.75) is 6.18 Å². The average molecular weight is 333 g/mol. The van der Waals surface area contributed by atoms with Gasteiger partial charge in [-0.05, 0) is 42.5 Å². The number of alkyl halides is 3. The third kappa shape index (κ3) is 3.51. The minimum Gasteiger partial charge on any atom is -0.497 e. The lowest BCUT2D eigenvalue weighted by molar-refractivity contribution is -0.137. The number of nitrogens with zero attached hydrogens (tertiary/aromatic N) is 2. The van der Waals surface area contributed by atoms with E-state index in [1.54, 1.807) is 37.6 Å². The molecule has 0 saturated heterocycles. The lowest BCUT2D eigenvalue weighted by Gasteiger charge is -2.08. The van der Waals surface area contributed by atoms with Crippen LogP contribution in [0.4, 0.5) is 24.7 Å². The van der Waals surface area contributed by atoms with Gasteiger partial charge < -0.3 is 10.1 Å². The van der Waals surface area contributed by atoms with Crippen LogP contribution < -0.4 is 10.1 Å². The molecule has 0 spiro atoms. The molecule has 0 radical (unpaired) electrons. The van der Waals surface area contributed by atoms with Gasteiger partial charge in [-0.1, -0.05) is 6.07 Å². The van der Waals surface area contributed by atoms with Gasteiger partial charge in [-0.3, -0.25) is 0 Å². The second kappa shape index (κ2) is 6.27. The number of methoxy groups -OCH3 is 1. The molecule has 0 fully saturated rings. The normalized spacial score (nSPS) is 11.3. The van der Waals surface area contributed by atoms with Gasteiger partial charge in [0.2, 0.25) is 0 Å². The topological polar surface area (TPSA) is 39.1 Å². The monoisotopic (exact) mass is 333 g/mol. The summed E-state index contributed by atoms with van der Waals surface area (Å²) in [6, 6.07) is 13.9. The predicted octanol–water partition coefficient (Wildman–Crippen LogP) is 4.64. The molecule has 124 valence electrons. The van der Waals surface area contributed by atoms with Crippen molar-refractivity contribution in [3.8, 4) is 11.4 Å². The van der Waals surface area contributed by atoms with E-state index in [9.17, 15) is 13.2 Å². The molecule has 0 saturated carbocycles. The quantitative estimate of drug-likeness (QED) is 0.756. The summed E-state index contributed by atoms with van der Waals surface area (Å²) in [4.78, 5) is 0. The zero-order valence-electron chi connectivity index (χ0n) is 12.7. The van der Waals surface area contributed by atoms with Gasteiger partial charge in [-0.25, -0.2) is 4.68 Å². The van der Waals surface area contributed by atoms with Crippen LogP contribution in [-0.4, -0.2) is 16.9 Å². The fourth-order valence-electron chi connectivity index (χ4n) is 2.18. The summed E-state index contributed by atoms with van der Waals surface area (Å²) in [7, 11) is 1.58. The smallest absolute Gasteiger partial charge is 0.416 e. The molecule has 24 heavy (non-hydrogen) atoms. The number of anilines is 2. The summed E-state index contributed by atoms with van der Waals surface area (Å²) in [6.07, 6.45) is -2.78. The minimum atomic E-state index is -4.38. The highest BCUT2D eigenvalue weighted by Crippen LogP contribution is 2.30. The number of rotatable bonds is 4. The lowest BCUT2D eigenvalue weighted by atomic mass is 10.2. The molecule has 2 aromatic carbocycles. The Bertz CT molecular complexity index is 826.